The maximum Gasteiger partial charge on any atom is 0.164 e. The van der Waals surface area contributed by atoms with Crippen LogP contribution in [0.15, 0.2) is 12.2 Å². The number of rotatable bonds is 6. The van der Waals surface area contributed by atoms with Crippen LogP contribution >= 0.6 is 0 Å². The molecule has 1 saturated heterocycles. The van der Waals surface area contributed by atoms with Crippen molar-refractivity contribution in [3.63, 3.8) is 0 Å². The van der Waals surface area contributed by atoms with Crippen LogP contribution in [0.5, 0.6) is 0 Å². The molecule has 1 rings (SSSR count). The van der Waals surface area contributed by atoms with Gasteiger partial charge in [-0.15, -0.1) is 0 Å². The van der Waals surface area contributed by atoms with Gasteiger partial charge in [0.25, 0.3) is 0 Å². The van der Waals surface area contributed by atoms with E-state index in [1.165, 1.54) is 18.9 Å². The van der Waals surface area contributed by atoms with E-state index in [4.69, 9.17) is 9.47 Å². The van der Waals surface area contributed by atoms with Crippen LogP contribution in [0.3, 0.4) is 0 Å². The number of aldehydes is 1. The lowest BCUT2D eigenvalue weighted by molar-refractivity contribution is -0.143. The summed E-state index contributed by atoms with van der Waals surface area (Å²) in [5.74, 6) is -0.533. The first-order valence-electron chi connectivity index (χ1n) is 6.06. The van der Waals surface area contributed by atoms with E-state index in [1.807, 2.05) is 13.8 Å². The van der Waals surface area contributed by atoms with Crippen molar-refractivity contribution in [1.82, 2.24) is 0 Å². The third-order valence-electron chi connectivity index (χ3n) is 2.69. The van der Waals surface area contributed by atoms with Crippen LogP contribution in [0.2, 0.25) is 0 Å². The number of hydrogen-bond donors (Lipinski definition) is 0. The number of hydrogen-bond acceptors (Lipinski definition) is 3. The summed E-state index contributed by atoms with van der Waals surface area (Å²) in [6, 6.07) is 0. The van der Waals surface area contributed by atoms with Gasteiger partial charge < -0.3 is 9.47 Å². The maximum absolute atomic E-state index is 10.3. The highest BCUT2D eigenvalue weighted by Crippen LogP contribution is 2.31. The Labute approximate surface area is 97.8 Å². The van der Waals surface area contributed by atoms with Gasteiger partial charge in [0, 0.05) is 0 Å². The molecule has 0 N–H and O–H groups in total. The highest BCUT2D eigenvalue weighted by Gasteiger charge is 2.39. The number of ether oxygens (including phenoxy) is 2. The van der Waals surface area contributed by atoms with Crippen molar-refractivity contribution >= 4 is 6.29 Å². The van der Waals surface area contributed by atoms with Gasteiger partial charge in [0.2, 0.25) is 0 Å². The number of unbranched alkanes of at least 4 members (excludes halogenated alkanes) is 2. The number of allylic oxidation sites excluding steroid dienone is 1. The van der Waals surface area contributed by atoms with Crippen molar-refractivity contribution in [2.45, 2.75) is 64.4 Å². The molecule has 0 spiro atoms. The van der Waals surface area contributed by atoms with Crippen molar-refractivity contribution in [1.29, 1.82) is 0 Å². The normalized spacial score (nSPS) is 28.7. The molecule has 1 fully saturated rings. The van der Waals surface area contributed by atoms with Crippen molar-refractivity contribution in [2.75, 3.05) is 0 Å². The van der Waals surface area contributed by atoms with E-state index >= 15 is 0 Å². The van der Waals surface area contributed by atoms with E-state index in [2.05, 4.69) is 6.92 Å². The van der Waals surface area contributed by atoms with E-state index in [0.717, 1.165) is 19.1 Å². The molecular weight excluding hydrogens is 204 g/mol. The van der Waals surface area contributed by atoms with Crippen molar-refractivity contribution < 1.29 is 14.3 Å². The second-order valence-corrected chi connectivity index (χ2v) is 4.66. The summed E-state index contributed by atoms with van der Waals surface area (Å²) < 4.78 is 11.5. The molecule has 0 aromatic heterocycles. The number of carbonyl (C=O) groups excluding carboxylic acids is 1. The van der Waals surface area contributed by atoms with Crippen molar-refractivity contribution in [3.05, 3.63) is 12.2 Å². The minimum atomic E-state index is -0.533. The van der Waals surface area contributed by atoms with Crippen LogP contribution in [0.4, 0.5) is 0 Å². The summed E-state index contributed by atoms with van der Waals surface area (Å²) >= 11 is 0. The molecule has 1 aliphatic rings. The molecule has 0 aliphatic carbocycles. The standard InChI is InChI=1S/C13H22O3/c1-4-5-6-8-11-12(9-7-10-14)16-13(2,3)15-11/h7,9-12H,4-6,8H2,1-3H3/b9-7-/t11-,12-/m1/s1. The smallest absolute Gasteiger partial charge is 0.164 e. The fraction of sp³-hybridized carbons (Fsp3) is 0.769. The first kappa shape index (κ1) is 13.4. The lowest BCUT2D eigenvalue weighted by Gasteiger charge is -2.16. The van der Waals surface area contributed by atoms with Crippen LogP contribution < -0.4 is 0 Å². The lowest BCUT2D eigenvalue weighted by Crippen LogP contribution is -2.21. The zero-order valence-electron chi connectivity index (χ0n) is 10.4. The van der Waals surface area contributed by atoms with Crippen LogP contribution in [0.1, 0.15) is 46.5 Å². The molecule has 3 heteroatoms. The second kappa shape index (κ2) is 6.16. The molecule has 2 atom stereocenters. The Balaban J connectivity index is 2.50. The van der Waals surface area contributed by atoms with E-state index in [9.17, 15) is 4.79 Å². The molecule has 0 unspecified atom stereocenters. The molecule has 1 aliphatic heterocycles. The van der Waals surface area contributed by atoms with Gasteiger partial charge in [-0.25, -0.2) is 0 Å². The number of carbonyl (C=O) groups is 1. The summed E-state index contributed by atoms with van der Waals surface area (Å²) in [5, 5.41) is 0. The molecule has 0 radical (unpaired) electrons. The molecule has 92 valence electrons. The molecular formula is C13H22O3. The summed E-state index contributed by atoms with van der Waals surface area (Å²) in [4.78, 5) is 10.3. The summed E-state index contributed by atoms with van der Waals surface area (Å²) in [5.41, 5.74) is 0. The van der Waals surface area contributed by atoms with Gasteiger partial charge in [-0.2, -0.15) is 0 Å². The Morgan fingerprint density at radius 1 is 1.25 bits per heavy atom. The zero-order valence-corrected chi connectivity index (χ0v) is 10.4. The zero-order chi connectivity index (χ0) is 12.0. The van der Waals surface area contributed by atoms with Crippen LogP contribution in [-0.2, 0) is 14.3 Å². The minimum absolute atomic E-state index is 0.0812. The second-order valence-electron chi connectivity index (χ2n) is 4.66. The molecule has 3 nitrogen and oxygen atoms in total. The fourth-order valence-corrected chi connectivity index (χ4v) is 2.00. The summed E-state index contributed by atoms with van der Waals surface area (Å²) in [7, 11) is 0. The quantitative estimate of drug-likeness (QED) is 0.397. The third kappa shape index (κ3) is 4.06. The van der Waals surface area contributed by atoms with Gasteiger partial charge in [0.05, 0.1) is 6.10 Å². The van der Waals surface area contributed by atoms with Gasteiger partial charge in [-0.3, -0.25) is 4.79 Å². The molecule has 1 heterocycles. The molecule has 0 saturated carbocycles. The molecule has 16 heavy (non-hydrogen) atoms. The minimum Gasteiger partial charge on any atom is -0.344 e. The predicted molar refractivity (Wildman–Crippen MR) is 63.2 cm³/mol. The monoisotopic (exact) mass is 226 g/mol. The van der Waals surface area contributed by atoms with Crippen molar-refractivity contribution in [2.24, 2.45) is 0 Å². The van der Waals surface area contributed by atoms with E-state index in [-0.39, 0.29) is 12.2 Å². The highest BCUT2D eigenvalue weighted by atomic mass is 16.7. The Kier molecular flexibility index (Phi) is 5.16. The maximum atomic E-state index is 10.3. The van der Waals surface area contributed by atoms with Crippen molar-refractivity contribution in [3.8, 4) is 0 Å². The van der Waals surface area contributed by atoms with Gasteiger partial charge in [0.1, 0.15) is 12.4 Å². The average Bonchev–Trinajstić information content (AvgIpc) is 2.51. The Hall–Kier alpha value is -0.670. The SMILES string of the molecule is CCCCC[C@H]1OC(C)(C)O[C@@H]1/C=C\C=O. The van der Waals surface area contributed by atoms with Crippen LogP contribution in [-0.4, -0.2) is 24.3 Å². The van der Waals surface area contributed by atoms with E-state index in [1.54, 1.807) is 6.08 Å². The molecule has 0 amide bonds. The largest absolute Gasteiger partial charge is 0.344 e. The first-order chi connectivity index (χ1) is 7.59. The third-order valence-corrected chi connectivity index (χ3v) is 2.69. The van der Waals surface area contributed by atoms with E-state index < -0.39 is 5.79 Å². The Bertz CT molecular complexity index is 246. The summed E-state index contributed by atoms with van der Waals surface area (Å²) in [6.07, 6.45) is 8.60. The topological polar surface area (TPSA) is 35.5 Å². The van der Waals surface area contributed by atoms with Gasteiger partial charge in [-0.1, -0.05) is 26.2 Å². The van der Waals surface area contributed by atoms with Gasteiger partial charge in [-0.05, 0) is 32.4 Å². The average molecular weight is 226 g/mol. The Morgan fingerprint density at radius 3 is 2.62 bits per heavy atom. The molecule has 0 bridgehead atoms. The molecule has 0 aromatic rings. The van der Waals surface area contributed by atoms with Gasteiger partial charge in [0.15, 0.2) is 5.79 Å². The molecule has 0 aromatic carbocycles. The lowest BCUT2D eigenvalue weighted by atomic mass is 10.1. The summed E-state index contributed by atoms with van der Waals surface area (Å²) in [6.45, 7) is 6.00. The fourth-order valence-electron chi connectivity index (χ4n) is 2.00. The van der Waals surface area contributed by atoms with Crippen LogP contribution in [0.25, 0.3) is 0 Å². The predicted octanol–water partition coefficient (Wildman–Crippen LogP) is 2.84. The van der Waals surface area contributed by atoms with Crippen LogP contribution in [0, 0.1) is 0 Å². The first-order valence-corrected chi connectivity index (χ1v) is 6.06. The Morgan fingerprint density at radius 2 is 2.00 bits per heavy atom. The highest BCUT2D eigenvalue weighted by molar-refractivity contribution is 5.64. The van der Waals surface area contributed by atoms with E-state index in [0.29, 0.717) is 0 Å². The van der Waals surface area contributed by atoms with Gasteiger partial charge >= 0.3 is 0 Å².